The van der Waals surface area contributed by atoms with Crippen molar-refractivity contribution in [1.29, 1.82) is 0 Å². The molecule has 0 aliphatic heterocycles. The molecule has 0 saturated heterocycles. The van der Waals surface area contributed by atoms with Crippen LogP contribution in [0.15, 0.2) is 34.4 Å². The van der Waals surface area contributed by atoms with E-state index < -0.39 is 0 Å². The van der Waals surface area contributed by atoms with E-state index in [2.05, 4.69) is 51.1 Å². The van der Waals surface area contributed by atoms with Crippen molar-refractivity contribution in [3.63, 3.8) is 0 Å². The molecule has 0 unspecified atom stereocenters. The van der Waals surface area contributed by atoms with Crippen molar-refractivity contribution in [1.82, 2.24) is 4.57 Å². The van der Waals surface area contributed by atoms with Crippen LogP contribution in [-0.4, -0.2) is 4.57 Å². The van der Waals surface area contributed by atoms with Crippen LogP contribution >= 0.6 is 27.3 Å². The molecule has 0 saturated carbocycles. The van der Waals surface area contributed by atoms with Gasteiger partial charge in [0.2, 0.25) is 0 Å². The van der Waals surface area contributed by atoms with Gasteiger partial charge < -0.3 is 10.3 Å². The van der Waals surface area contributed by atoms with Gasteiger partial charge in [-0.1, -0.05) is 0 Å². The monoisotopic (exact) mass is 270 g/mol. The first-order valence-electron chi connectivity index (χ1n) is 4.37. The second kappa shape index (κ2) is 4.29. The van der Waals surface area contributed by atoms with Crippen molar-refractivity contribution < 1.29 is 0 Å². The summed E-state index contributed by atoms with van der Waals surface area (Å²) in [6.07, 6.45) is 4.16. The van der Waals surface area contributed by atoms with E-state index in [-0.39, 0.29) is 0 Å². The lowest BCUT2D eigenvalue weighted by Gasteiger charge is -1.98. The summed E-state index contributed by atoms with van der Waals surface area (Å²) in [6, 6.07) is 6.27. The average Bonchev–Trinajstić information content (AvgIpc) is 2.76. The summed E-state index contributed by atoms with van der Waals surface area (Å²) in [5.41, 5.74) is 6.72. The molecule has 4 heteroatoms. The van der Waals surface area contributed by atoms with E-state index in [0.29, 0.717) is 6.54 Å². The predicted octanol–water partition coefficient (Wildman–Crippen LogP) is 2.82. The summed E-state index contributed by atoms with van der Waals surface area (Å²) >= 11 is 5.22. The van der Waals surface area contributed by atoms with Gasteiger partial charge in [-0.2, -0.15) is 0 Å². The minimum absolute atomic E-state index is 0.612. The van der Waals surface area contributed by atoms with Crippen LogP contribution in [0, 0.1) is 0 Å². The molecule has 14 heavy (non-hydrogen) atoms. The van der Waals surface area contributed by atoms with Gasteiger partial charge in [0.25, 0.3) is 0 Å². The zero-order chi connectivity index (χ0) is 9.97. The number of halogens is 1. The third-order valence-corrected chi connectivity index (χ3v) is 3.62. The molecule has 0 aliphatic carbocycles. The van der Waals surface area contributed by atoms with Crippen molar-refractivity contribution in [3.05, 3.63) is 44.8 Å². The van der Waals surface area contributed by atoms with Gasteiger partial charge in [-0.15, -0.1) is 11.3 Å². The molecular weight excluding hydrogens is 260 g/mol. The van der Waals surface area contributed by atoms with Crippen LogP contribution in [0.2, 0.25) is 0 Å². The fourth-order valence-electron chi connectivity index (χ4n) is 1.33. The van der Waals surface area contributed by atoms with Crippen LogP contribution in [0.1, 0.15) is 10.4 Å². The molecule has 2 heterocycles. The van der Waals surface area contributed by atoms with Crippen LogP contribution in [0.3, 0.4) is 0 Å². The molecule has 74 valence electrons. The Kier molecular flexibility index (Phi) is 3.05. The fraction of sp³-hybridized carbons (Fsp3) is 0.200. The first-order chi connectivity index (χ1) is 6.78. The summed E-state index contributed by atoms with van der Waals surface area (Å²) in [5, 5.41) is 0. The number of nitrogens with zero attached hydrogens (tertiary/aromatic N) is 1. The average molecular weight is 271 g/mol. The largest absolute Gasteiger partial charge is 0.349 e. The lowest BCUT2D eigenvalue weighted by atomic mass is 10.3. The first kappa shape index (κ1) is 9.96. The molecule has 2 rings (SSSR count). The quantitative estimate of drug-likeness (QED) is 0.914. The molecule has 0 aromatic carbocycles. The Morgan fingerprint density at radius 2 is 2.21 bits per heavy atom. The number of hydrogen-bond donors (Lipinski definition) is 1. The van der Waals surface area contributed by atoms with Crippen LogP contribution in [0.25, 0.3) is 0 Å². The third-order valence-electron chi connectivity index (χ3n) is 2.01. The van der Waals surface area contributed by atoms with E-state index in [0.717, 1.165) is 6.54 Å². The second-order valence-electron chi connectivity index (χ2n) is 3.10. The molecule has 2 N–H and O–H groups in total. The Labute approximate surface area is 95.5 Å². The van der Waals surface area contributed by atoms with Crippen molar-refractivity contribution in [2.45, 2.75) is 13.1 Å². The molecule has 0 bridgehead atoms. The molecule has 2 aromatic heterocycles. The maximum Gasteiger partial charge on any atom is 0.0702 e. The molecule has 0 amide bonds. The molecule has 0 spiro atoms. The molecule has 2 nitrogen and oxygen atoms in total. The molecule has 0 aliphatic rings. The van der Waals surface area contributed by atoms with Crippen molar-refractivity contribution in [2.24, 2.45) is 5.73 Å². The van der Waals surface area contributed by atoms with Gasteiger partial charge in [0.05, 0.1) is 10.3 Å². The number of aromatic nitrogens is 1. The van der Waals surface area contributed by atoms with E-state index in [9.17, 15) is 0 Å². The lowest BCUT2D eigenvalue weighted by Crippen LogP contribution is -1.96. The zero-order valence-electron chi connectivity index (χ0n) is 7.61. The smallest absolute Gasteiger partial charge is 0.0702 e. The Morgan fingerprint density at radius 1 is 1.36 bits per heavy atom. The van der Waals surface area contributed by atoms with Crippen LogP contribution in [0.4, 0.5) is 0 Å². The Bertz CT molecular complexity index is 419. The van der Waals surface area contributed by atoms with E-state index in [4.69, 9.17) is 5.73 Å². The SMILES string of the molecule is NCc1ccn(Cc2ccc(Br)s2)c1. The van der Waals surface area contributed by atoms with Crippen molar-refractivity contribution in [3.8, 4) is 0 Å². The standard InChI is InChI=1S/C10H11BrN2S/c11-10-2-1-9(14-10)7-13-4-3-8(5-12)6-13/h1-4,6H,5,7,12H2. The highest BCUT2D eigenvalue weighted by molar-refractivity contribution is 9.11. The van der Waals surface area contributed by atoms with Gasteiger partial charge in [0.15, 0.2) is 0 Å². The normalized spacial score (nSPS) is 10.7. The predicted molar refractivity (Wildman–Crippen MR) is 63.4 cm³/mol. The Morgan fingerprint density at radius 3 is 2.79 bits per heavy atom. The van der Waals surface area contributed by atoms with Gasteiger partial charge in [0, 0.05) is 23.8 Å². The van der Waals surface area contributed by atoms with E-state index in [1.54, 1.807) is 11.3 Å². The van der Waals surface area contributed by atoms with Gasteiger partial charge in [0.1, 0.15) is 0 Å². The molecule has 0 radical (unpaired) electrons. The first-order valence-corrected chi connectivity index (χ1v) is 5.98. The maximum atomic E-state index is 5.54. The third kappa shape index (κ3) is 2.26. The van der Waals surface area contributed by atoms with Crippen LogP contribution in [0.5, 0.6) is 0 Å². The molecule has 0 atom stereocenters. The summed E-state index contributed by atoms with van der Waals surface area (Å²) in [6.45, 7) is 1.54. The van der Waals surface area contributed by atoms with Crippen molar-refractivity contribution >= 4 is 27.3 Å². The van der Waals surface area contributed by atoms with Crippen molar-refractivity contribution in [2.75, 3.05) is 0 Å². The molecule has 2 aromatic rings. The minimum Gasteiger partial charge on any atom is -0.349 e. The highest BCUT2D eigenvalue weighted by atomic mass is 79.9. The van der Waals surface area contributed by atoms with E-state index in [1.165, 1.54) is 14.2 Å². The summed E-state index contributed by atoms with van der Waals surface area (Å²) in [4.78, 5) is 1.34. The summed E-state index contributed by atoms with van der Waals surface area (Å²) < 4.78 is 3.33. The number of hydrogen-bond acceptors (Lipinski definition) is 2. The number of rotatable bonds is 3. The topological polar surface area (TPSA) is 30.9 Å². The Hall–Kier alpha value is -0.580. The number of thiophene rings is 1. The number of nitrogens with two attached hydrogens (primary N) is 1. The van der Waals surface area contributed by atoms with Crippen LogP contribution in [-0.2, 0) is 13.1 Å². The summed E-state index contributed by atoms with van der Waals surface area (Å²) in [5.74, 6) is 0. The zero-order valence-corrected chi connectivity index (χ0v) is 10.0. The summed E-state index contributed by atoms with van der Waals surface area (Å²) in [7, 11) is 0. The second-order valence-corrected chi connectivity index (χ2v) is 5.65. The van der Waals surface area contributed by atoms with Crippen LogP contribution < -0.4 is 5.73 Å². The van der Waals surface area contributed by atoms with E-state index >= 15 is 0 Å². The fourth-order valence-corrected chi connectivity index (χ4v) is 2.82. The highest BCUT2D eigenvalue weighted by Gasteiger charge is 1.99. The maximum absolute atomic E-state index is 5.54. The lowest BCUT2D eigenvalue weighted by molar-refractivity contribution is 0.814. The van der Waals surface area contributed by atoms with E-state index in [1.807, 2.05) is 0 Å². The highest BCUT2D eigenvalue weighted by Crippen LogP contribution is 2.22. The van der Waals surface area contributed by atoms with Gasteiger partial charge >= 0.3 is 0 Å². The van der Waals surface area contributed by atoms with Gasteiger partial charge in [-0.25, -0.2) is 0 Å². The Balaban J connectivity index is 2.10. The molecule has 0 fully saturated rings. The molecular formula is C10H11BrN2S. The van der Waals surface area contributed by atoms with Gasteiger partial charge in [-0.3, -0.25) is 0 Å². The minimum atomic E-state index is 0.612. The van der Waals surface area contributed by atoms with Gasteiger partial charge in [-0.05, 0) is 39.7 Å².